The molecule has 0 bridgehead atoms. The van der Waals surface area contributed by atoms with Crippen LogP contribution in [0.5, 0.6) is 0 Å². The van der Waals surface area contributed by atoms with Crippen molar-refractivity contribution in [2.75, 3.05) is 5.32 Å². The molecule has 100 valence electrons. The topological polar surface area (TPSA) is 116 Å². The maximum Gasteiger partial charge on any atom is 0.374 e. The predicted octanol–water partition coefficient (Wildman–Crippen LogP) is 1.81. The zero-order valence-electron chi connectivity index (χ0n) is 10.4. The Hall–Kier alpha value is -3.14. The highest BCUT2D eigenvalue weighted by molar-refractivity contribution is 6.04. The van der Waals surface area contributed by atoms with Gasteiger partial charge in [-0.25, -0.2) is 4.79 Å². The third-order valence-electron chi connectivity index (χ3n) is 2.57. The van der Waals surface area contributed by atoms with Crippen molar-refractivity contribution < 1.29 is 19.2 Å². The number of carboxylic acid groups (broad SMARTS) is 1. The molecule has 7 heteroatoms. The first kappa shape index (κ1) is 13.3. The number of nitriles is 1. The Balaban J connectivity index is 2.23. The van der Waals surface area contributed by atoms with E-state index in [1.54, 1.807) is 19.1 Å². The van der Waals surface area contributed by atoms with Gasteiger partial charge in [-0.05, 0) is 24.6 Å². The number of carbonyl (C=O) groups is 2. The molecular formula is C13H9N3O4. The Morgan fingerprint density at radius 2 is 2.15 bits per heavy atom. The monoisotopic (exact) mass is 271 g/mol. The molecule has 1 aromatic heterocycles. The van der Waals surface area contributed by atoms with Crippen molar-refractivity contribution >= 4 is 17.6 Å². The summed E-state index contributed by atoms with van der Waals surface area (Å²) >= 11 is 0. The Bertz CT molecular complexity index is 727. The second kappa shape index (κ2) is 5.24. The minimum atomic E-state index is -1.31. The van der Waals surface area contributed by atoms with E-state index in [0.29, 0.717) is 11.3 Å². The summed E-state index contributed by atoms with van der Waals surface area (Å²) < 4.78 is 4.50. The van der Waals surface area contributed by atoms with Gasteiger partial charge in [0.05, 0.1) is 11.6 Å². The molecule has 0 aliphatic carbocycles. The molecule has 1 heterocycles. The van der Waals surface area contributed by atoms with Crippen molar-refractivity contribution in [3.05, 3.63) is 46.8 Å². The normalized spacial score (nSPS) is 9.80. The number of anilines is 1. The highest BCUT2D eigenvalue weighted by Crippen LogP contribution is 2.17. The lowest BCUT2D eigenvalue weighted by atomic mass is 10.1. The fourth-order valence-electron chi connectivity index (χ4n) is 1.50. The molecule has 2 N–H and O–H groups in total. The molecule has 2 rings (SSSR count). The van der Waals surface area contributed by atoms with E-state index >= 15 is 0 Å². The van der Waals surface area contributed by atoms with Crippen molar-refractivity contribution in [2.45, 2.75) is 6.92 Å². The maximum absolute atomic E-state index is 11.9. The van der Waals surface area contributed by atoms with Crippen molar-refractivity contribution in [1.82, 2.24) is 5.16 Å². The van der Waals surface area contributed by atoms with E-state index in [9.17, 15) is 9.59 Å². The zero-order chi connectivity index (χ0) is 14.7. The summed E-state index contributed by atoms with van der Waals surface area (Å²) in [5.74, 6) is -2.34. The van der Waals surface area contributed by atoms with Gasteiger partial charge in [0.25, 0.3) is 5.91 Å². The summed E-state index contributed by atoms with van der Waals surface area (Å²) in [5.41, 5.74) is 1.47. The molecule has 0 saturated heterocycles. The molecule has 0 unspecified atom stereocenters. The minimum Gasteiger partial charge on any atom is -0.475 e. The van der Waals surface area contributed by atoms with Gasteiger partial charge in [0.2, 0.25) is 5.76 Å². The zero-order valence-corrected chi connectivity index (χ0v) is 10.4. The maximum atomic E-state index is 11.9. The van der Waals surface area contributed by atoms with Crippen LogP contribution in [-0.4, -0.2) is 22.1 Å². The number of hydrogen-bond acceptors (Lipinski definition) is 5. The largest absolute Gasteiger partial charge is 0.475 e. The van der Waals surface area contributed by atoms with E-state index in [1.165, 1.54) is 6.07 Å². The minimum absolute atomic E-state index is 0.149. The number of amides is 1. The molecule has 0 radical (unpaired) electrons. The molecule has 0 aliphatic rings. The molecule has 1 aromatic carbocycles. The van der Waals surface area contributed by atoms with Gasteiger partial charge >= 0.3 is 5.97 Å². The number of nitrogens with zero attached hydrogens (tertiary/aromatic N) is 2. The molecule has 2 aromatic rings. The Morgan fingerprint density at radius 1 is 1.40 bits per heavy atom. The smallest absolute Gasteiger partial charge is 0.374 e. The van der Waals surface area contributed by atoms with Crippen LogP contribution < -0.4 is 5.32 Å². The highest BCUT2D eigenvalue weighted by atomic mass is 16.5. The predicted molar refractivity (Wildman–Crippen MR) is 67.3 cm³/mol. The second-order valence-electron chi connectivity index (χ2n) is 3.98. The van der Waals surface area contributed by atoms with Crippen LogP contribution in [0.1, 0.15) is 32.2 Å². The number of nitrogens with one attached hydrogen (secondary N) is 1. The molecular weight excluding hydrogens is 262 g/mol. The van der Waals surface area contributed by atoms with Gasteiger partial charge in [0.1, 0.15) is 0 Å². The molecule has 0 atom stereocenters. The second-order valence-corrected chi connectivity index (χ2v) is 3.98. The quantitative estimate of drug-likeness (QED) is 0.879. The van der Waals surface area contributed by atoms with Crippen LogP contribution in [0.15, 0.2) is 28.8 Å². The van der Waals surface area contributed by atoms with Crippen LogP contribution >= 0.6 is 0 Å². The summed E-state index contributed by atoms with van der Waals surface area (Å²) in [7, 11) is 0. The Kier molecular flexibility index (Phi) is 3.48. The molecule has 7 nitrogen and oxygen atoms in total. The van der Waals surface area contributed by atoms with Gasteiger partial charge in [0, 0.05) is 11.8 Å². The van der Waals surface area contributed by atoms with Gasteiger partial charge in [0.15, 0.2) is 5.69 Å². The first-order chi connectivity index (χ1) is 9.51. The molecule has 0 fully saturated rings. The first-order valence-electron chi connectivity index (χ1n) is 5.53. The van der Waals surface area contributed by atoms with Crippen LogP contribution in [0.3, 0.4) is 0 Å². The fraction of sp³-hybridized carbons (Fsp3) is 0.0769. The van der Waals surface area contributed by atoms with E-state index in [2.05, 4.69) is 15.0 Å². The number of hydrogen-bond donors (Lipinski definition) is 2. The van der Waals surface area contributed by atoms with Crippen molar-refractivity contribution in [2.24, 2.45) is 0 Å². The average molecular weight is 271 g/mol. The van der Waals surface area contributed by atoms with Gasteiger partial charge in [-0.15, -0.1) is 0 Å². The van der Waals surface area contributed by atoms with Crippen molar-refractivity contribution in [1.29, 1.82) is 5.26 Å². The molecule has 1 amide bonds. The number of aromatic carboxylic acids is 1. The van der Waals surface area contributed by atoms with Crippen molar-refractivity contribution in [3.63, 3.8) is 0 Å². The lowest BCUT2D eigenvalue weighted by Crippen LogP contribution is -2.13. The van der Waals surface area contributed by atoms with Crippen LogP contribution in [0.2, 0.25) is 0 Å². The third-order valence-corrected chi connectivity index (χ3v) is 2.57. The highest BCUT2D eigenvalue weighted by Gasteiger charge is 2.17. The standard InChI is InChI=1S/C13H9N3O4/c1-7-2-3-8(6-14)4-9(7)15-12(17)10-5-11(13(18)19)20-16-10/h2-5H,1H3,(H,15,17)(H,18,19). The Morgan fingerprint density at radius 3 is 2.75 bits per heavy atom. The van der Waals surface area contributed by atoms with E-state index in [4.69, 9.17) is 10.4 Å². The Labute approximate surface area is 113 Å². The number of rotatable bonds is 3. The van der Waals surface area contributed by atoms with E-state index in [-0.39, 0.29) is 5.69 Å². The third kappa shape index (κ3) is 2.64. The SMILES string of the molecule is Cc1ccc(C#N)cc1NC(=O)c1cc(C(=O)O)on1. The van der Waals surface area contributed by atoms with Gasteiger partial charge in [-0.2, -0.15) is 5.26 Å². The number of aromatic nitrogens is 1. The lowest BCUT2D eigenvalue weighted by Gasteiger charge is -2.06. The first-order valence-corrected chi connectivity index (χ1v) is 5.53. The van der Waals surface area contributed by atoms with Crippen LogP contribution in [0, 0.1) is 18.3 Å². The number of aryl methyl sites for hydroxylation is 1. The average Bonchev–Trinajstić information content (AvgIpc) is 2.91. The van der Waals surface area contributed by atoms with Crippen LogP contribution in [-0.2, 0) is 0 Å². The molecule has 0 spiro atoms. The summed E-state index contributed by atoms with van der Waals surface area (Å²) in [6.07, 6.45) is 0. The van der Waals surface area contributed by atoms with E-state index in [1.807, 2.05) is 6.07 Å². The fourth-order valence-corrected chi connectivity index (χ4v) is 1.50. The van der Waals surface area contributed by atoms with Gasteiger partial charge in [-0.1, -0.05) is 11.2 Å². The lowest BCUT2D eigenvalue weighted by molar-refractivity contribution is 0.0651. The number of carboxylic acids is 1. The van der Waals surface area contributed by atoms with Gasteiger partial charge < -0.3 is 14.9 Å². The summed E-state index contributed by atoms with van der Waals surface area (Å²) in [5, 5.41) is 23.4. The van der Waals surface area contributed by atoms with E-state index in [0.717, 1.165) is 11.6 Å². The van der Waals surface area contributed by atoms with E-state index < -0.39 is 17.6 Å². The van der Waals surface area contributed by atoms with Crippen LogP contribution in [0.4, 0.5) is 5.69 Å². The number of carbonyl (C=O) groups excluding carboxylic acids is 1. The number of benzene rings is 1. The molecule has 20 heavy (non-hydrogen) atoms. The molecule has 0 aliphatic heterocycles. The molecule has 0 saturated carbocycles. The summed E-state index contributed by atoms with van der Waals surface area (Å²) in [6, 6.07) is 7.83. The summed E-state index contributed by atoms with van der Waals surface area (Å²) in [6.45, 7) is 1.77. The van der Waals surface area contributed by atoms with Crippen molar-refractivity contribution in [3.8, 4) is 6.07 Å². The summed E-state index contributed by atoms with van der Waals surface area (Å²) in [4.78, 5) is 22.5. The van der Waals surface area contributed by atoms with Crippen LogP contribution in [0.25, 0.3) is 0 Å². The van der Waals surface area contributed by atoms with Gasteiger partial charge in [-0.3, -0.25) is 4.79 Å².